The third-order valence-electron chi connectivity index (χ3n) is 5.16. The summed E-state index contributed by atoms with van der Waals surface area (Å²) in [5.74, 6) is 1.21. The average Bonchev–Trinajstić information content (AvgIpc) is 3.18. The normalized spacial score (nSPS) is 14.8. The Hall–Kier alpha value is -3.03. The van der Waals surface area contributed by atoms with E-state index in [-0.39, 0.29) is 22.9 Å². The van der Waals surface area contributed by atoms with Gasteiger partial charge in [-0.15, -0.1) is 0 Å². The highest BCUT2D eigenvalue weighted by Gasteiger charge is 2.28. The highest BCUT2D eigenvalue weighted by molar-refractivity contribution is 5.75. The standard InChI is InChI=1S/C18H21N5O3/c1-11(12-4-6-13(24)7-5-12)10-22-8-9-23-14-15(19-17(22)23)20(2)18(26)21(3)16(14)25/h4-7,11,24H,8-10H2,1-3H3. The molecule has 4 rings (SSSR count). The van der Waals surface area contributed by atoms with Gasteiger partial charge in [-0.3, -0.25) is 13.9 Å². The quantitative estimate of drug-likeness (QED) is 0.750. The van der Waals surface area contributed by atoms with Crippen LogP contribution in [0.25, 0.3) is 11.2 Å². The number of hydrogen-bond acceptors (Lipinski definition) is 5. The summed E-state index contributed by atoms with van der Waals surface area (Å²) in [5, 5.41) is 9.45. The summed E-state index contributed by atoms with van der Waals surface area (Å²) in [6.45, 7) is 4.29. The van der Waals surface area contributed by atoms with Crippen LogP contribution in [0.2, 0.25) is 0 Å². The molecule has 8 nitrogen and oxygen atoms in total. The number of nitrogens with zero attached hydrogens (tertiary/aromatic N) is 5. The van der Waals surface area contributed by atoms with Gasteiger partial charge >= 0.3 is 5.69 Å². The summed E-state index contributed by atoms with van der Waals surface area (Å²) in [7, 11) is 3.12. The second-order valence-electron chi connectivity index (χ2n) is 6.88. The topological polar surface area (TPSA) is 85.3 Å². The number of aromatic hydroxyl groups is 1. The molecule has 3 aromatic rings. The highest BCUT2D eigenvalue weighted by Crippen LogP contribution is 2.28. The molecule has 1 aliphatic rings. The van der Waals surface area contributed by atoms with Crippen molar-refractivity contribution >= 4 is 17.1 Å². The van der Waals surface area contributed by atoms with Crippen LogP contribution < -0.4 is 16.1 Å². The van der Waals surface area contributed by atoms with E-state index in [2.05, 4.69) is 16.8 Å². The van der Waals surface area contributed by atoms with E-state index in [0.717, 1.165) is 29.2 Å². The predicted molar refractivity (Wildman–Crippen MR) is 98.9 cm³/mol. The molecule has 0 saturated carbocycles. The second kappa shape index (κ2) is 5.76. The first-order valence-corrected chi connectivity index (χ1v) is 8.58. The summed E-state index contributed by atoms with van der Waals surface area (Å²) in [6, 6.07) is 7.20. The fourth-order valence-electron chi connectivity index (χ4n) is 3.62. The van der Waals surface area contributed by atoms with Crippen molar-refractivity contribution in [3.05, 3.63) is 50.7 Å². The zero-order valence-electron chi connectivity index (χ0n) is 15.0. The van der Waals surface area contributed by atoms with Gasteiger partial charge in [-0.05, 0) is 23.6 Å². The molecule has 1 N–H and O–H groups in total. The first kappa shape index (κ1) is 16.4. The van der Waals surface area contributed by atoms with Crippen LogP contribution >= 0.6 is 0 Å². The summed E-state index contributed by atoms with van der Waals surface area (Å²) < 4.78 is 4.45. The minimum Gasteiger partial charge on any atom is -0.508 e. The van der Waals surface area contributed by atoms with E-state index in [1.165, 1.54) is 11.6 Å². The van der Waals surface area contributed by atoms with Gasteiger partial charge in [0.2, 0.25) is 5.95 Å². The molecule has 0 saturated heterocycles. The molecule has 0 bridgehead atoms. The highest BCUT2D eigenvalue weighted by atomic mass is 16.3. The fourth-order valence-corrected chi connectivity index (χ4v) is 3.62. The SMILES string of the molecule is CC(CN1CCn2c1nc1c2c(=O)n(C)c(=O)n1C)c1ccc(O)cc1. The van der Waals surface area contributed by atoms with Gasteiger partial charge in [0.25, 0.3) is 5.56 Å². The van der Waals surface area contributed by atoms with E-state index >= 15 is 0 Å². The molecule has 0 spiro atoms. The molecule has 2 aromatic heterocycles. The van der Waals surface area contributed by atoms with Gasteiger partial charge < -0.3 is 14.6 Å². The van der Waals surface area contributed by atoms with Crippen molar-refractivity contribution in [2.75, 3.05) is 18.0 Å². The molecular weight excluding hydrogens is 334 g/mol. The van der Waals surface area contributed by atoms with Crippen LogP contribution in [-0.2, 0) is 20.6 Å². The monoisotopic (exact) mass is 355 g/mol. The Morgan fingerprint density at radius 1 is 1.12 bits per heavy atom. The Labute approximate surface area is 149 Å². The zero-order chi connectivity index (χ0) is 18.6. The van der Waals surface area contributed by atoms with Crippen LogP contribution in [0.15, 0.2) is 33.9 Å². The first-order chi connectivity index (χ1) is 12.4. The molecule has 0 aliphatic carbocycles. The Morgan fingerprint density at radius 3 is 2.50 bits per heavy atom. The minimum absolute atomic E-state index is 0.230. The maximum atomic E-state index is 12.6. The summed E-state index contributed by atoms with van der Waals surface area (Å²) in [6.07, 6.45) is 0. The Kier molecular flexibility index (Phi) is 3.64. The van der Waals surface area contributed by atoms with Crippen molar-refractivity contribution < 1.29 is 5.11 Å². The van der Waals surface area contributed by atoms with Gasteiger partial charge in [0.05, 0.1) is 0 Å². The molecule has 3 heterocycles. The van der Waals surface area contributed by atoms with Gasteiger partial charge in [0.15, 0.2) is 11.2 Å². The van der Waals surface area contributed by atoms with Crippen LogP contribution in [0.3, 0.4) is 0 Å². The number of anilines is 1. The number of imidazole rings is 1. The van der Waals surface area contributed by atoms with Crippen LogP contribution in [0.5, 0.6) is 5.75 Å². The lowest BCUT2D eigenvalue weighted by atomic mass is 10.0. The van der Waals surface area contributed by atoms with Gasteiger partial charge in [0.1, 0.15) is 5.75 Å². The lowest BCUT2D eigenvalue weighted by molar-refractivity contribution is 0.475. The summed E-state index contributed by atoms with van der Waals surface area (Å²) in [5.41, 5.74) is 1.35. The number of fused-ring (bicyclic) bond motifs is 3. The van der Waals surface area contributed by atoms with E-state index in [4.69, 9.17) is 0 Å². The number of benzene rings is 1. The molecular formula is C18H21N5O3. The number of hydrogen-bond donors (Lipinski definition) is 1. The van der Waals surface area contributed by atoms with E-state index in [1.54, 1.807) is 19.2 Å². The van der Waals surface area contributed by atoms with E-state index in [9.17, 15) is 14.7 Å². The van der Waals surface area contributed by atoms with Gasteiger partial charge in [0, 0.05) is 33.7 Å². The minimum atomic E-state index is -0.372. The van der Waals surface area contributed by atoms with Crippen LogP contribution in [0.1, 0.15) is 18.4 Å². The van der Waals surface area contributed by atoms with Crippen molar-refractivity contribution in [2.24, 2.45) is 14.1 Å². The third kappa shape index (κ3) is 2.33. The van der Waals surface area contributed by atoms with Crippen molar-refractivity contribution in [1.82, 2.24) is 18.7 Å². The van der Waals surface area contributed by atoms with Gasteiger partial charge in [-0.1, -0.05) is 19.1 Å². The van der Waals surface area contributed by atoms with E-state index in [1.807, 2.05) is 16.7 Å². The number of aryl methyl sites for hydroxylation is 1. The number of phenolic OH excluding ortho intramolecular Hbond substituents is 1. The van der Waals surface area contributed by atoms with Gasteiger partial charge in [-0.25, -0.2) is 4.79 Å². The Bertz CT molecular complexity index is 1110. The fraction of sp³-hybridized carbons (Fsp3) is 0.389. The Morgan fingerprint density at radius 2 is 1.81 bits per heavy atom. The molecule has 136 valence electrons. The van der Waals surface area contributed by atoms with Crippen molar-refractivity contribution in [3.63, 3.8) is 0 Å². The van der Waals surface area contributed by atoms with E-state index < -0.39 is 0 Å². The van der Waals surface area contributed by atoms with Crippen LogP contribution in [0, 0.1) is 0 Å². The predicted octanol–water partition coefficient (Wildman–Crippen LogP) is 0.763. The van der Waals surface area contributed by atoms with Crippen molar-refractivity contribution in [1.29, 1.82) is 0 Å². The zero-order valence-corrected chi connectivity index (χ0v) is 15.0. The number of phenols is 1. The molecule has 1 aliphatic heterocycles. The second-order valence-corrected chi connectivity index (χ2v) is 6.88. The molecule has 1 unspecified atom stereocenters. The maximum absolute atomic E-state index is 12.6. The van der Waals surface area contributed by atoms with Gasteiger partial charge in [-0.2, -0.15) is 4.98 Å². The summed E-state index contributed by atoms with van der Waals surface area (Å²) >= 11 is 0. The first-order valence-electron chi connectivity index (χ1n) is 8.58. The molecule has 0 amide bonds. The third-order valence-corrected chi connectivity index (χ3v) is 5.16. The molecule has 1 atom stereocenters. The number of rotatable bonds is 3. The molecule has 0 radical (unpaired) electrons. The smallest absolute Gasteiger partial charge is 0.332 e. The molecule has 8 heteroatoms. The van der Waals surface area contributed by atoms with Crippen molar-refractivity contribution in [2.45, 2.75) is 19.4 Å². The largest absolute Gasteiger partial charge is 0.508 e. The van der Waals surface area contributed by atoms with Crippen LogP contribution in [0.4, 0.5) is 5.95 Å². The molecule has 1 aromatic carbocycles. The van der Waals surface area contributed by atoms with E-state index in [0.29, 0.717) is 17.7 Å². The number of aromatic nitrogens is 4. The maximum Gasteiger partial charge on any atom is 0.332 e. The van der Waals surface area contributed by atoms with Crippen molar-refractivity contribution in [3.8, 4) is 5.75 Å². The summed E-state index contributed by atoms with van der Waals surface area (Å²) in [4.78, 5) is 31.4. The average molecular weight is 355 g/mol. The van der Waals surface area contributed by atoms with Crippen LogP contribution in [-0.4, -0.2) is 36.9 Å². The molecule has 0 fully saturated rings. The lowest BCUT2D eigenvalue weighted by Gasteiger charge is -2.21. The Balaban J connectivity index is 1.73. The lowest BCUT2D eigenvalue weighted by Crippen LogP contribution is -2.37. The molecule has 26 heavy (non-hydrogen) atoms.